The summed E-state index contributed by atoms with van der Waals surface area (Å²) in [4.78, 5) is 0. The minimum Gasteiger partial charge on any atom is -0.350 e. The van der Waals surface area contributed by atoms with Crippen LogP contribution in [0.25, 0.3) is 0 Å². The highest BCUT2D eigenvalue weighted by Gasteiger charge is 2.20. The van der Waals surface area contributed by atoms with Crippen LogP contribution in [0.2, 0.25) is 0 Å². The number of hydrogen-bond acceptors (Lipinski definition) is 4. The third-order valence-electron chi connectivity index (χ3n) is 3.64. The van der Waals surface area contributed by atoms with Crippen LogP contribution >= 0.6 is 0 Å². The van der Waals surface area contributed by atoms with Crippen molar-refractivity contribution in [2.24, 2.45) is 5.73 Å². The molecule has 108 valence electrons. The molecule has 1 aromatic rings. The summed E-state index contributed by atoms with van der Waals surface area (Å²) in [7, 11) is 0. The Kier molecular flexibility index (Phi) is 5.36. The lowest BCUT2D eigenvalue weighted by Gasteiger charge is -2.15. The van der Waals surface area contributed by atoms with E-state index in [-0.39, 0.29) is 12.3 Å². The largest absolute Gasteiger partial charge is 0.350 e. The highest BCUT2D eigenvalue weighted by molar-refractivity contribution is 5.02. The topological polar surface area (TPSA) is 62.3 Å². The molecule has 5 heteroatoms. The van der Waals surface area contributed by atoms with Crippen LogP contribution in [-0.4, -0.2) is 35.3 Å². The number of nitrogens with zero attached hydrogens (tertiary/aromatic N) is 2. The second kappa shape index (κ2) is 7.03. The molecule has 0 bridgehead atoms. The van der Waals surface area contributed by atoms with Gasteiger partial charge in [0.2, 0.25) is 0 Å². The van der Waals surface area contributed by atoms with Gasteiger partial charge in [-0.2, -0.15) is 5.10 Å². The fraction of sp³-hybridized carbons (Fsp3) is 0.786. The summed E-state index contributed by atoms with van der Waals surface area (Å²) in [5.74, 6) is 0. The van der Waals surface area contributed by atoms with Gasteiger partial charge < -0.3 is 15.2 Å². The van der Waals surface area contributed by atoms with Crippen LogP contribution in [-0.2, 0) is 15.9 Å². The third-order valence-corrected chi connectivity index (χ3v) is 3.64. The maximum atomic E-state index is 6.13. The predicted molar refractivity (Wildman–Crippen MR) is 73.8 cm³/mol. The summed E-state index contributed by atoms with van der Waals surface area (Å²) in [6.45, 7) is 5.74. The van der Waals surface area contributed by atoms with E-state index in [4.69, 9.17) is 15.2 Å². The summed E-state index contributed by atoms with van der Waals surface area (Å²) in [6.07, 6.45) is 5.65. The Labute approximate surface area is 115 Å². The van der Waals surface area contributed by atoms with Crippen LogP contribution in [0.3, 0.4) is 0 Å². The molecular weight excluding hydrogens is 242 g/mol. The van der Waals surface area contributed by atoms with Gasteiger partial charge in [0.15, 0.2) is 6.29 Å². The summed E-state index contributed by atoms with van der Waals surface area (Å²) < 4.78 is 12.9. The predicted octanol–water partition coefficient (Wildman–Crippen LogP) is 1.88. The highest BCUT2D eigenvalue weighted by Crippen LogP contribution is 2.16. The summed E-state index contributed by atoms with van der Waals surface area (Å²) in [6, 6.07) is 2.59. The maximum Gasteiger partial charge on any atom is 0.159 e. The Morgan fingerprint density at radius 2 is 2.05 bits per heavy atom. The normalized spacial score (nSPS) is 18.3. The summed E-state index contributed by atoms with van der Waals surface area (Å²) in [5.41, 5.74) is 7.18. The Morgan fingerprint density at radius 3 is 2.68 bits per heavy atom. The average Bonchev–Trinajstić information content (AvgIpc) is 3.03. The van der Waals surface area contributed by atoms with Gasteiger partial charge in [0, 0.05) is 25.1 Å². The molecule has 1 aromatic heterocycles. The molecule has 1 fully saturated rings. The minimum absolute atomic E-state index is 0.0353. The van der Waals surface area contributed by atoms with E-state index in [2.05, 4.69) is 35.9 Å². The van der Waals surface area contributed by atoms with E-state index < -0.39 is 0 Å². The minimum atomic E-state index is -0.129. The lowest BCUT2D eigenvalue weighted by molar-refractivity contribution is -0.0505. The van der Waals surface area contributed by atoms with Crippen molar-refractivity contribution in [3.63, 3.8) is 0 Å². The molecule has 1 aliphatic rings. The first kappa shape index (κ1) is 14.5. The van der Waals surface area contributed by atoms with Crippen molar-refractivity contribution in [2.75, 3.05) is 13.2 Å². The lowest BCUT2D eigenvalue weighted by atomic mass is 10.1. The van der Waals surface area contributed by atoms with Crippen molar-refractivity contribution in [1.82, 2.24) is 9.78 Å². The highest BCUT2D eigenvalue weighted by atomic mass is 16.7. The van der Waals surface area contributed by atoms with Crippen LogP contribution in [0.1, 0.15) is 44.8 Å². The van der Waals surface area contributed by atoms with Gasteiger partial charge >= 0.3 is 0 Å². The molecule has 0 radical (unpaired) electrons. The molecule has 19 heavy (non-hydrogen) atoms. The van der Waals surface area contributed by atoms with E-state index in [0.29, 0.717) is 19.3 Å². The Morgan fingerprint density at radius 1 is 1.37 bits per heavy atom. The Hall–Kier alpha value is -0.910. The van der Waals surface area contributed by atoms with Gasteiger partial charge in [0.1, 0.15) is 0 Å². The molecule has 2 rings (SSSR count). The molecule has 0 aromatic carbocycles. The zero-order valence-electron chi connectivity index (χ0n) is 11.9. The first-order valence-corrected chi connectivity index (χ1v) is 7.25. The van der Waals surface area contributed by atoms with E-state index >= 15 is 0 Å². The number of nitrogens with two attached hydrogens (primary N) is 1. The molecule has 2 heterocycles. The average molecular weight is 267 g/mol. The van der Waals surface area contributed by atoms with Crippen molar-refractivity contribution < 1.29 is 9.47 Å². The van der Waals surface area contributed by atoms with Crippen LogP contribution in [0.15, 0.2) is 12.3 Å². The fourth-order valence-electron chi connectivity index (χ4n) is 2.49. The van der Waals surface area contributed by atoms with Gasteiger partial charge in [-0.15, -0.1) is 0 Å². The molecule has 1 atom stereocenters. The molecule has 0 aliphatic carbocycles. The maximum absolute atomic E-state index is 6.13. The zero-order valence-corrected chi connectivity index (χ0v) is 11.9. The van der Waals surface area contributed by atoms with Crippen molar-refractivity contribution in [3.8, 4) is 0 Å². The van der Waals surface area contributed by atoms with Crippen molar-refractivity contribution in [3.05, 3.63) is 18.0 Å². The van der Waals surface area contributed by atoms with E-state index in [1.54, 1.807) is 0 Å². The van der Waals surface area contributed by atoms with Crippen LogP contribution in [0, 0.1) is 0 Å². The molecule has 0 spiro atoms. The number of aromatic nitrogens is 2. The molecule has 5 nitrogen and oxygen atoms in total. The van der Waals surface area contributed by atoms with Crippen LogP contribution in [0.4, 0.5) is 0 Å². The van der Waals surface area contributed by atoms with Crippen molar-refractivity contribution in [1.29, 1.82) is 0 Å². The van der Waals surface area contributed by atoms with E-state index in [0.717, 1.165) is 31.4 Å². The first-order valence-electron chi connectivity index (χ1n) is 7.25. The molecule has 1 unspecified atom stereocenters. The Bertz CT molecular complexity index is 371. The van der Waals surface area contributed by atoms with Gasteiger partial charge in [0.05, 0.1) is 24.9 Å². The zero-order chi connectivity index (χ0) is 13.7. The monoisotopic (exact) mass is 267 g/mol. The van der Waals surface area contributed by atoms with Gasteiger partial charge in [-0.3, -0.25) is 4.68 Å². The van der Waals surface area contributed by atoms with Gasteiger partial charge in [-0.1, -0.05) is 13.8 Å². The number of ether oxygens (including phenoxy) is 2. The van der Waals surface area contributed by atoms with Crippen molar-refractivity contribution >= 4 is 0 Å². The summed E-state index contributed by atoms with van der Waals surface area (Å²) in [5, 5.41) is 4.62. The second-order valence-corrected chi connectivity index (χ2v) is 5.13. The number of rotatable bonds is 7. The first-order chi connectivity index (χ1) is 9.22. The number of hydrogen-bond donors (Lipinski definition) is 1. The molecular formula is C14H25N3O2. The lowest BCUT2D eigenvalue weighted by Crippen LogP contribution is -2.29. The molecule has 0 saturated carbocycles. The third kappa shape index (κ3) is 4.03. The van der Waals surface area contributed by atoms with Gasteiger partial charge in [0.25, 0.3) is 0 Å². The second-order valence-electron chi connectivity index (χ2n) is 5.13. The van der Waals surface area contributed by atoms with Gasteiger partial charge in [-0.05, 0) is 18.9 Å². The van der Waals surface area contributed by atoms with Crippen LogP contribution < -0.4 is 5.73 Å². The SMILES string of the molecule is CCC(CC)n1ccc(CC(N)CC2OCCO2)n1. The smallest absolute Gasteiger partial charge is 0.159 e. The molecule has 1 aliphatic heterocycles. The van der Waals surface area contributed by atoms with E-state index in [9.17, 15) is 0 Å². The van der Waals surface area contributed by atoms with Crippen LogP contribution in [0.5, 0.6) is 0 Å². The fourth-order valence-corrected chi connectivity index (χ4v) is 2.49. The standard InChI is InChI=1S/C14H25N3O2/c1-3-13(4-2)17-6-5-12(16-17)9-11(15)10-14-18-7-8-19-14/h5-6,11,13-14H,3-4,7-10,15H2,1-2H3. The molecule has 1 saturated heterocycles. The molecule has 2 N–H and O–H groups in total. The van der Waals surface area contributed by atoms with Gasteiger partial charge in [-0.25, -0.2) is 0 Å². The Balaban J connectivity index is 1.84. The quantitative estimate of drug-likeness (QED) is 0.819. The van der Waals surface area contributed by atoms with E-state index in [1.807, 2.05) is 0 Å². The summed E-state index contributed by atoms with van der Waals surface area (Å²) >= 11 is 0. The van der Waals surface area contributed by atoms with E-state index in [1.165, 1.54) is 0 Å². The molecule has 0 amide bonds. The van der Waals surface area contributed by atoms with Crippen molar-refractivity contribution in [2.45, 2.75) is 57.9 Å².